The average molecular weight is 225 g/mol. The first-order chi connectivity index (χ1) is 7.48. The molecular weight excluding hydrogens is 206 g/mol. The first-order valence-corrected chi connectivity index (χ1v) is 5.54. The van der Waals surface area contributed by atoms with E-state index >= 15 is 0 Å². The van der Waals surface area contributed by atoms with Gasteiger partial charge in [0.15, 0.2) is 5.82 Å². The summed E-state index contributed by atoms with van der Waals surface area (Å²) in [6, 6.07) is 0.126. The highest BCUT2D eigenvalue weighted by atomic mass is 16.5. The minimum absolute atomic E-state index is 0.0494. The van der Waals surface area contributed by atoms with E-state index in [1.807, 2.05) is 11.6 Å². The molecule has 0 aromatic carbocycles. The maximum atomic E-state index is 5.84. The highest BCUT2D eigenvalue weighted by Crippen LogP contribution is 2.51. The molecule has 0 aliphatic heterocycles. The predicted molar refractivity (Wildman–Crippen MR) is 58.7 cm³/mol. The van der Waals surface area contributed by atoms with Gasteiger partial charge in [-0.05, 0) is 23.8 Å². The van der Waals surface area contributed by atoms with Crippen molar-refractivity contribution in [2.45, 2.75) is 45.4 Å². The second-order valence-electron chi connectivity index (χ2n) is 5.07. The molecule has 1 aliphatic rings. The number of aromatic nitrogens is 4. The molecule has 3 unspecified atom stereocenters. The van der Waals surface area contributed by atoms with Gasteiger partial charge in [-0.3, -0.25) is 0 Å². The summed E-state index contributed by atoms with van der Waals surface area (Å²) in [5.41, 5.74) is 5.89. The Bertz CT molecular complexity index is 373. The molecule has 0 amide bonds. The number of ether oxygens (including phenoxy) is 1. The number of tetrazole rings is 1. The lowest BCUT2D eigenvalue weighted by Crippen LogP contribution is -2.51. The van der Waals surface area contributed by atoms with Gasteiger partial charge in [0, 0.05) is 12.5 Å². The molecule has 6 heteroatoms. The zero-order chi connectivity index (χ0) is 11.9. The lowest BCUT2D eigenvalue weighted by Gasteiger charge is -2.50. The molecule has 0 bridgehead atoms. The van der Waals surface area contributed by atoms with E-state index in [-0.39, 0.29) is 23.6 Å². The van der Waals surface area contributed by atoms with Gasteiger partial charge < -0.3 is 10.5 Å². The highest BCUT2D eigenvalue weighted by molar-refractivity contribution is 5.04. The lowest BCUT2D eigenvalue weighted by molar-refractivity contribution is -0.117. The topological polar surface area (TPSA) is 78.8 Å². The molecule has 1 aromatic rings. The van der Waals surface area contributed by atoms with E-state index in [0.29, 0.717) is 0 Å². The normalized spacial score (nSPS) is 29.8. The molecule has 1 aromatic heterocycles. The van der Waals surface area contributed by atoms with Crippen LogP contribution in [-0.2, 0) is 4.74 Å². The third kappa shape index (κ3) is 1.53. The van der Waals surface area contributed by atoms with Crippen molar-refractivity contribution in [3.8, 4) is 0 Å². The minimum Gasteiger partial charge on any atom is -0.381 e. The molecule has 0 spiro atoms. The average Bonchev–Trinajstić information content (AvgIpc) is 2.65. The third-order valence-electron chi connectivity index (χ3n) is 3.63. The number of hydrogen-bond acceptors (Lipinski definition) is 5. The van der Waals surface area contributed by atoms with Gasteiger partial charge in [-0.25, -0.2) is 4.68 Å². The molecule has 1 saturated carbocycles. The van der Waals surface area contributed by atoms with Gasteiger partial charge in [-0.1, -0.05) is 13.8 Å². The summed E-state index contributed by atoms with van der Waals surface area (Å²) in [5, 5.41) is 11.7. The largest absolute Gasteiger partial charge is 0.381 e. The number of hydrogen-bond donors (Lipinski definition) is 1. The van der Waals surface area contributed by atoms with Crippen molar-refractivity contribution in [2.24, 2.45) is 11.1 Å². The molecule has 3 atom stereocenters. The zero-order valence-corrected chi connectivity index (χ0v) is 10.2. The quantitative estimate of drug-likeness (QED) is 0.818. The van der Waals surface area contributed by atoms with E-state index in [1.165, 1.54) is 0 Å². The van der Waals surface area contributed by atoms with Crippen LogP contribution < -0.4 is 5.73 Å². The fourth-order valence-corrected chi connectivity index (χ4v) is 2.40. The molecule has 0 saturated heterocycles. The molecule has 1 heterocycles. The van der Waals surface area contributed by atoms with E-state index in [1.54, 1.807) is 7.11 Å². The Labute approximate surface area is 95.1 Å². The highest BCUT2D eigenvalue weighted by Gasteiger charge is 2.51. The predicted octanol–water partition coefficient (Wildman–Crippen LogP) is 0.679. The summed E-state index contributed by atoms with van der Waals surface area (Å²) in [6.45, 7) is 6.23. The molecule has 16 heavy (non-hydrogen) atoms. The van der Waals surface area contributed by atoms with E-state index < -0.39 is 0 Å². The van der Waals surface area contributed by atoms with Crippen LogP contribution >= 0.6 is 0 Å². The Hall–Kier alpha value is -1.01. The van der Waals surface area contributed by atoms with E-state index in [9.17, 15) is 0 Å². The van der Waals surface area contributed by atoms with Gasteiger partial charge in [0.25, 0.3) is 0 Å². The van der Waals surface area contributed by atoms with Crippen LogP contribution in [0.5, 0.6) is 0 Å². The molecule has 0 radical (unpaired) electrons. The van der Waals surface area contributed by atoms with Crippen molar-refractivity contribution in [1.29, 1.82) is 0 Å². The fourth-order valence-electron chi connectivity index (χ4n) is 2.40. The Morgan fingerprint density at radius 3 is 2.75 bits per heavy atom. The van der Waals surface area contributed by atoms with Crippen molar-refractivity contribution in [3.05, 3.63) is 5.82 Å². The summed E-state index contributed by atoms with van der Waals surface area (Å²) in [6.07, 6.45) is 1.21. The van der Waals surface area contributed by atoms with Crippen molar-refractivity contribution in [1.82, 2.24) is 20.2 Å². The SMILES string of the molecule is COC1CC(n2nnnc2C(C)N)C1(C)C. The van der Waals surface area contributed by atoms with E-state index in [0.717, 1.165) is 12.2 Å². The summed E-state index contributed by atoms with van der Waals surface area (Å²) < 4.78 is 7.26. The Balaban J connectivity index is 2.24. The van der Waals surface area contributed by atoms with E-state index in [2.05, 4.69) is 29.4 Å². The monoisotopic (exact) mass is 225 g/mol. The van der Waals surface area contributed by atoms with Gasteiger partial charge in [-0.15, -0.1) is 5.10 Å². The molecule has 1 aliphatic carbocycles. The van der Waals surface area contributed by atoms with Gasteiger partial charge in [0.1, 0.15) is 0 Å². The summed E-state index contributed by atoms with van der Waals surface area (Å²) in [4.78, 5) is 0. The molecule has 6 nitrogen and oxygen atoms in total. The van der Waals surface area contributed by atoms with E-state index in [4.69, 9.17) is 10.5 Å². The molecule has 1 fully saturated rings. The Kier molecular flexibility index (Phi) is 2.71. The van der Waals surface area contributed by atoms with Crippen LogP contribution in [0.1, 0.15) is 45.1 Å². The van der Waals surface area contributed by atoms with Crippen LogP contribution in [0.15, 0.2) is 0 Å². The second-order valence-corrected chi connectivity index (χ2v) is 5.07. The summed E-state index contributed by atoms with van der Waals surface area (Å²) >= 11 is 0. The Morgan fingerprint density at radius 1 is 1.56 bits per heavy atom. The fraction of sp³-hybridized carbons (Fsp3) is 0.900. The van der Waals surface area contributed by atoms with Crippen molar-refractivity contribution < 1.29 is 4.74 Å². The maximum absolute atomic E-state index is 5.84. The summed E-state index contributed by atoms with van der Waals surface area (Å²) in [7, 11) is 1.74. The first-order valence-electron chi connectivity index (χ1n) is 5.54. The van der Waals surface area contributed by atoms with Crippen molar-refractivity contribution in [3.63, 3.8) is 0 Å². The summed E-state index contributed by atoms with van der Waals surface area (Å²) in [5.74, 6) is 0.743. The van der Waals surface area contributed by atoms with Crippen LogP contribution in [0, 0.1) is 5.41 Å². The molecule has 2 N–H and O–H groups in total. The molecular formula is C10H19N5O. The molecule has 90 valence electrons. The standard InChI is InChI=1S/C10H19N5O/c1-6(11)9-12-13-14-15(9)7-5-8(16-4)10(7,2)3/h6-8H,5,11H2,1-4H3. The number of nitrogens with zero attached hydrogens (tertiary/aromatic N) is 4. The van der Waals surface area contributed by atoms with Gasteiger partial charge in [0.2, 0.25) is 0 Å². The number of methoxy groups -OCH3 is 1. The zero-order valence-electron chi connectivity index (χ0n) is 10.2. The van der Waals surface area contributed by atoms with Gasteiger partial charge in [-0.2, -0.15) is 0 Å². The number of rotatable bonds is 3. The van der Waals surface area contributed by atoms with Crippen LogP contribution in [0.25, 0.3) is 0 Å². The smallest absolute Gasteiger partial charge is 0.168 e. The maximum Gasteiger partial charge on any atom is 0.168 e. The second kappa shape index (κ2) is 3.78. The minimum atomic E-state index is -0.146. The Morgan fingerprint density at radius 2 is 2.25 bits per heavy atom. The van der Waals surface area contributed by atoms with Crippen LogP contribution in [0.4, 0.5) is 0 Å². The van der Waals surface area contributed by atoms with Crippen LogP contribution in [-0.4, -0.2) is 33.4 Å². The van der Waals surface area contributed by atoms with Crippen molar-refractivity contribution >= 4 is 0 Å². The first kappa shape index (κ1) is 11.5. The number of nitrogens with two attached hydrogens (primary N) is 1. The van der Waals surface area contributed by atoms with Gasteiger partial charge in [0.05, 0.1) is 18.2 Å². The lowest BCUT2D eigenvalue weighted by atomic mass is 9.64. The molecule has 2 rings (SSSR count). The van der Waals surface area contributed by atoms with Gasteiger partial charge >= 0.3 is 0 Å². The van der Waals surface area contributed by atoms with Crippen LogP contribution in [0.3, 0.4) is 0 Å². The third-order valence-corrected chi connectivity index (χ3v) is 3.63. The van der Waals surface area contributed by atoms with Crippen LogP contribution in [0.2, 0.25) is 0 Å². The van der Waals surface area contributed by atoms with Crippen molar-refractivity contribution in [2.75, 3.05) is 7.11 Å².